The zero-order chi connectivity index (χ0) is 19.3. The zero-order valence-corrected chi connectivity index (χ0v) is 16.1. The molecule has 0 aliphatic carbocycles. The van der Waals surface area contributed by atoms with Crippen LogP contribution in [0.15, 0.2) is 78.9 Å². The molecule has 142 valence electrons. The molecule has 3 aromatic carbocycles. The maximum atomic E-state index is 13.6. The minimum Gasteiger partial charge on any atom is -0.489 e. The molecule has 0 aromatic heterocycles. The first-order chi connectivity index (χ1) is 13.7. The van der Waals surface area contributed by atoms with Crippen LogP contribution in [0.2, 0.25) is 0 Å². The summed E-state index contributed by atoms with van der Waals surface area (Å²) in [6.07, 6.45) is 0. The summed E-state index contributed by atoms with van der Waals surface area (Å²) >= 11 is 1.70. The first-order valence-corrected chi connectivity index (χ1v) is 10.2. The van der Waals surface area contributed by atoms with Gasteiger partial charge in [0.25, 0.3) is 5.91 Å². The lowest BCUT2D eigenvalue weighted by Gasteiger charge is -2.26. The largest absolute Gasteiger partial charge is 0.489 e. The second-order valence-electron chi connectivity index (χ2n) is 6.54. The van der Waals surface area contributed by atoms with Gasteiger partial charge >= 0.3 is 0 Å². The number of hydrogen-bond donors (Lipinski definition) is 0. The van der Waals surface area contributed by atoms with E-state index in [0.29, 0.717) is 18.7 Å². The maximum Gasteiger partial charge on any atom is 0.255 e. The van der Waals surface area contributed by atoms with Crippen LogP contribution in [0.1, 0.15) is 26.9 Å². The average Bonchev–Trinajstić information content (AvgIpc) is 3.22. The fourth-order valence-electron chi connectivity index (χ4n) is 3.27. The van der Waals surface area contributed by atoms with Gasteiger partial charge in [0.2, 0.25) is 0 Å². The molecule has 3 nitrogen and oxygen atoms in total. The molecule has 0 spiro atoms. The van der Waals surface area contributed by atoms with Crippen molar-refractivity contribution < 1.29 is 13.9 Å². The smallest absolute Gasteiger partial charge is 0.255 e. The van der Waals surface area contributed by atoms with E-state index in [-0.39, 0.29) is 11.3 Å². The molecular formula is C23H20FNO2S. The van der Waals surface area contributed by atoms with Gasteiger partial charge in [0.15, 0.2) is 0 Å². The van der Waals surface area contributed by atoms with Gasteiger partial charge in [0.1, 0.15) is 23.5 Å². The Morgan fingerprint density at radius 2 is 1.82 bits per heavy atom. The Kier molecular flexibility index (Phi) is 5.63. The lowest BCUT2D eigenvalue weighted by atomic mass is 10.1. The molecule has 1 fully saturated rings. The number of hydrogen-bond acceptors (Lipinski definition) is 3. The lowest BCUT2D eigenvalue weighted by molar-refractivity contribution is 0.0758. The van der Waals surface area contributed by atoms with E-state index < -0.39 is 5.82 Å². The highest BCUT2D eigenvalue weighted by Crippen LogP contribution is 2.42. The molecule has 3 aromatic rings. The highest BCUT2D eigenvalue weighted by atomic mass is 32.2. The Balaban J connectivity index is 1.57. The highest BCUT2D eigenvalue weighted by molar-refractivity contribution is 7.99. The molecule has 1 atom stereocenters. The van der Waals surface area contributed by atoms with Crippen molar-refractivity contribution in [3.05, 3.63) is 101 Å². The molecule has 5 heteroatoms. The number of halogens is 1. The van der Waals surface area contributed by atoms with Crippen molar-refractivity contribution in [2.75, 3.05) is 12.3 Å². The van der Waals surface area contributed by atoms with Gasteiger partial charge in [-0.2, -0.15) is 0 Å². The van der Waals surface area contributed by atoms with Crippen LogP contribution in [-0.2, 0) is 6.61 Å². The summed E-state index contributed by atoms with van der Waals surface area (Å²) in [5.41, 5.74) is 2.42. The summed E-state index contributed by atoms with van der Waals surface area (Å²) in [7, 11) is 0. The quantitative estimate of drug-likeness (QED) is 0.590. The number of benzene rings is 3. The second-order valence-corrected chi connectivity index (χ2v) is 7.73. The van der Waals surface area contributed by atoms with Crippen molar-refractivity contribution in [3.63, 3.8) is 0 Å². The molecular weight excluding hydrogens is 373 g/mol. The van der Waals surface area contributed by atoms with Crippen molar-refractivity contribution in [2.45, 2.75) is 12.0 Å². The van der Waals surface area contributed by atoms with Gasteiger partial charge in [-0.15, -0.1) is 11.8 Å². The number of rotatable bonds is 5. The van der Waals surface area contributed by atoms with Crippen LogP contribution < -0.4 is 4.74 Å². The Bertz CT molecular complexity index is 964. The Hall–Kier alpha value is -2.79. The van der Waals surface area contributed by atoms with Gasteiger partial charge in [-0.1, -0.05) is 54.6 Å². The van der Waals surface area contributed by atoms with E-state index in [2.05, 4.69) is 0 Å². The lowest BCUT2D eigenvalue weighted by Crippen LogP contribution is -2.30. The fourth-order valence-corrected chi connectivity index (χ4v) is 4.56. The van der Waals surface area contributed by atoms with Crippen molar-refractivity contribution in [1.29, 1.82) is 0 Å². The van der Waals surface area contributed by atoms with E-state index >= 15 is 0 Å². The summed E-state index contributed by atoms with van der Waals surface area (Å²) < 4.78 is 19.6. The number of thioether (sulfide) groups is 1. The van der Waals surface area contributed by atoms with Crippen LogP contribution >= 0.6 is 11.8 Å². The average molecular weight is 393 g/mol. The van der Waals surface area contributed by atoms with Gasteiger partial charge < -0.3 is 9.64 Å². The van der Waals surface area contributed by atoms with E-state index in [4.69, 9.17) is 4.74 Å². The SMILES string of the molecule is O=C(c1cccc(F)c1)N1CCSC1c1ccccc1OCc1ccccc1. The van der Waals surface area contributed by atoms with Crippen molar-refractivity contribution in [2.24, 2.45) is 0 Å². The molecule has 0 N–H and O–H groups in total. The van der Waals surface area contributed by atoms with Crippen molar-refractivity contribution >= 4 is 17.7 Å². The number of ether oxygens (including phenoxy) is 1. The van der Waals surface area contributed by atoms with E-state index in [1.807, 2.05) is 54.6 Å². The van der Waals surface area contributed by atoms with E-state index in [9.17, 15) is 9.18 Å². The summed E-state index contributed by atoms with van der Waals surface area (Å²) in [5.74, 6) is 1.04. The van der Waals surface area contributed by atoms with Crippen LogP contribution in [0, 0.1) is 5.82 Å². The molecule has 0 bridgehead atoms. The van der Waals surface area contributed by atoms with Gasteiger partial charge in [-0.25, -0.2) is 4.39 Å². The summed E-state index contributed by atoms with van der Waals surface area (Å²) in [6.45, 7) is 1.09. The van der Waals surface area contributed by atoms with Crippen LogP contribution in [0.4, 0.5) is 4.39 Å². The molecule has 1 aliphatic heterocycles. The highest BCUT2D eigenvalue weighted by Gasteiger charge is 2.33. The molecule has 0 radical (unpaired) electrons. The molecule has 1 unspecified atom stereocenters. The van der Waals surface area contributed by atoms with E-state index in [1.54, 1.807) is 28.8 Å². The Labute approximate surface area is 168 Å². The molecule has 1 saturated heterocycles. The predicted octanol–water partition coefficient (Wildman–Crippen LogP) is 5.29. The molecule has 1 heterocycles. The first-order valence-electron chi connectivity index (χ1n) is 9.16. The molecule has 28 heavy (non-hydrogen) atoms. The van der Waals surface area contributed by atoms with Gasteiger partial charge in [0, 0.05) is 23.4 Å². The van der Waals surface area contributed by atoms with Gasteiger partial charge in [-0.05, 0) is 29.8 Å². The normalized spacial score (nSPS) is 16.2. The topological polar surface area (TPSA) is 29.5 Å². The minimum atomic E-state index is -0.402. The van der Waals surface area contributed by atoms with Gasteiger partial charge in [-0.3, -0.25) is 4.79 Å². The summed E-state index contributed by atoms with van der Waals surface area (Å²) in [4.78, 5) is 14.8. The number of nitrogens with zero attached hydrogens (tertiary/aromatic N) is 1. The first kappa shape index (κ1) is 18.6. The number of amides is 1. The summed E-state index contributed by atoms with van der Waals surface area (Å²) in [6, 6.07) is 23.7. The second kappa shape index (κ2) is 8.48. The standard InChI is InChI=1S/C23H20FNO2S/c24-19-10-6-9-18(15-19)22(26)25-13-14-28-23(25)20-11-4-5-12-21(20)27-16-17-7-2-1-3-8-17/h1-12,15,23H,13-14,16H2. The molecule has 0 saturated carbocycles. The van der Waals surface area contributed by atoms with Crippen molar-refractivity contribution in [1.82, 2.24) is 4.90 Å². The van der Waals surface area contributed by atoms with Crippen LogP contribution in [0.3, 0.4) is 0 Å². The zero-order valence-electron chi connectivity index (χ0n) is 15.3. The maximum absolute atomic E-state index is 13.6. The fraction of sp³-hybridized carbons (Fsp3) is 0.174. The van der Waals surface area contributed by atoms with E-state index in [0.717, 1.165) is 22.6 Å². The van der Waals surface area contributed by atoms with Crippen LogP contribution in [0.5, 0.6) is 5.75 Å². The molecule has 1 amide bonds. The number of carbonyl (C=O) groups is 1. The Morgan fingerprint density at radius 1 is 1.04 bits per heavy atom. The summed E-state index contributed by atoms with van der Waals surface area (Å²) in [5, 5.41) is -0.150. The predicted molar refractivity (Wildman–Crippen MR) is 110 cm³/mol. The third-order valence-corrected chi connectivity index (χ3v) is 5.89. The molecule has 4 rings (SSSR count). The minimum absolute atomic E-state index is 0.150. The van der Waals surface area contributed by atoms with Crippen LogP contribution in [-0.4, -0.2) is 23.1 Å². The molecule has 1 aliphatic rings. The van der Waals surface area contributed by atoms with E-state index in [1.165, 1.54) is 12.1 Å². The Morgan fingerprint density at radius 3 is 2.64 bits per heavy atom. The van der Waals surface area contributed by atoms with Crippen LogP contribution in [0.25, 0.3) is 0 Å². The monoisotopic (exact) mass is 393 g/mol. The number of carbonyl (C=O) groups excluding carboxylic acids is 1. The third kappa shape index (κ3) is 4.04. The third-order valence-electron chi connectivity index (χ3n) is 4.65. The number of para-hydroxylation sites is 1. The van der Waals surface area contributed by atoms with Gasteiger partial charge in [0.05, 0.1) is 0 Å². The van der Waals surface area contributed by atoms with Crippen molar-refractivity contribution in [3.8, 4) is 5.75 Å².